The predicted molar refractivity (Wildman–Crippen MR) is 309 cm³/mol. The molecule has 2 aromatic rings. The van der Waals surface area contributed by atoms with Gasteiger partial charge in [-0.3, -0.25) is 9.98 Å². The first-order chi connectivity index (χ1) is 33.8. The van der Waals surface area contributed by atoms with Crippen LogP contribution in [0, 0.1) is 0 Å². The summed E-state index contributed by atoms with van der Waals surface area (Å²) in [6.07, 6.45) is 73.1. The van der Waals surface area contributed by atoms with Crippen molar-refractivity contribution in [3.8, 4) is 0 Å². The van der Waals surface area contributed by atoms with Gasteiger partial charge in [-0.05, 0) is 100 Å². The van der Waals surface area contributed by atoms with Crippen LogP contribution in [0.2, 0.25) is 0 Å². The molecule has 0 radical (unpaired) electrons. The summed E-state index contributed by atoms with van der Waals surface area (Å²) in [7, 11) is 0. The number of hydrogen-bond acceptors (Lipinski definition) is 2. The minimum absolute atomic E-state index is 0.961. The molecule has 2 nitrogen and oxygen atoms in total. The monoisotopic (exact) mass is 933 g/mol. The van der Waals surface area contributed by atoms with Gasteiger partial charge in [0.2, 0.25) is 0 Å². The smallest absolute Gasteiger partial charge is 0.0665 e. The summed E-state index contributed by atoms with van der Waals surface area (Å²) in [6.45, 7) is 6.88. The van der Waals surface area contributed by atoms with Crippen molar-refractivity contribution in [3.63, 3.8) is 0 Å². The lowest BCUT2D eigenvalue weighted by Crippen LogP contribution is -2.00. The molecule has 68 heavy (non-hydrogen) atoms. The topological polar surface area (TPSA) is 24.7 Å². The third-order valence-electron chi connectivity index (χ3n) is 14.3. The van der Waals surface area contributed by atoms with Crippen LogP contribution < -0.4 is 0 Å². The van der Waals surface area contributed by atoms with E-state index in [9.17, 15) is 0 Å². The number of allylic oxidation sites excluding steroid dienone is 4. The first kappa shape index (κ1) is 61.4. The fourth-order valence-electron chi connectivity index (χ4n) is 9.75. The molecular formula is C66H112N2. The lowest BCUT2D eigenvalue weighted by atomic mass is 10.0. The Hall–Kier alpha value is -2.74. The third-order valence-corrected chi connectivity index (χ3v) is 14.3. The van der Waals surface area contributed by atoms with Gasteiger partial charge in [0, 0.05) is 6.21 Å². The second-order valence-corrected chi connectivity index (χ2v) is 20.8. The van der Waals surface area contributed by atoms with Gasteiger partial charge in [-0.1, -0.05) is 293 Å². The molecule has 0 fully saturated rings. The summed E-state index contributed by atoms with van der Waals surface area (Å²) in [4.78, 5) is 10.3. The number of aryl methyl sites for hydroxylation is 2. The van der Waals surface area contributed by atoms with E-state index >= 15 is 0 Å². The van der Waals surface area contributed by atoms with Crippen molar-refractivity contribution >= 4 is 23.3 Å². The quantitative estimate of drug-likeness (QED) is 0.0359. The Labute approximate surface area is 425 Å². The zero-order valence-corrected chi connectivity index (χ0v) is 45.7. The molecule has 0 aliphatic carbocycles. The van der Waals surface area contributed by atoms with Gasteiger partial charge >= 0.3 is 0 Å². The summed E-state index contributed by atoms with van der Waals surface area (Å²) in [5.74, 6) is 0. The van der Waals surface area contributed by atoms with E-state index < -0.39 is 0 Å². The summed E-state index contributed by atoms with van der Waals surface area (Å²) < 4.78 is 0. The first-order valence-electron chi connectivity index (χ1n) is 30.4. The van der Waals surface area contributed by atoms with Crippen molar-refractivity contribution in [1.29, 1.82) is 0 Å². The number of benzene rings is 2. The maximum atomic E-state index is 5.25. The number of rotatable bonds is 50. The Bertz CT molecular complexity index is 1480. The number of hydrogen-bond donors (Lipinski definition) is 0. The lowest BCUT2D eigenvalue weighted by Gasteiger charge is -2.08. The Balaban J connectivity index is 1.58. The van der Waals surface area contributed by atoms with Crippen molar-refractivity contribution in [2.45, 2.75) is 310 Å². The van der Waals surface area contributed by atoms with E-state index in [1.807, 2.05) is 0 Å². The molecule has 0 bridgehead atoms. The molecule has 0 amide bonds. The van der Waals surface area contributed by atoms with Crippen molar-refractivity contribution in [2.24, 2.45) is 9.98 Å². The zero-order valence-electron chi connectivity index (χ0n) is 45.7. The van der Waals surface area contributed by atoms with Crippen LogP contribution in [0.15, 0.2) is 82.8 Å². The van der Waals surface area contributed by atoms with E-state index in [1.54, 1.807) is 0 Å². The van der Waals surface area contributed by atoms with Gasteiger partial charge in [0.25, 0.3) is 0 Å². The normalized spacial score (nSPS) is 12.2. The number of unbranched alkanes of at least 4 members (excludes halogenated alkanes) is 37. The second-order valence-electron chi connectivity index (χ2n) is 20.8. The number of nitrogens with zero attached hydrogens (tertiary/aromatic N) is 2. The molecule has 0 spiro atoms. The van der Waals surface area contributed by atoms with E-state index in [2.05, 4.69) is 99.8 Å². The van der Waals surface area contributed by atoms with Crippen LogP contribution in [0.25, 0.3) is 0 Å². The molecule has 0 saturated carbocycles. The average Bonchev–Trinajstić information content (AvgIpc) is 3.36. The second kappa shape index (κ2) is 49.2. The molecular weight excluding hydrogens is 821 g/mol. The largest absolute Gasteiger partial charge is 0.255 e. The van der Waals surface area contributed by atoms with Gasteiger partial charge < -0.3 is 0 Å². The summed E-state index contributed by atoms with van der Waals surface area (Å²) in [5.41, 5.74) is 6.01. The summed E-state index contributed by atoms with van der Waals surface area (Å²) >= 11 is 0. The standard InChI is InChI=1S/C66H112N2/c1-4-7-10-12-14-16-18-20-22-24-26-28-30-32-34-36-38-40-42-44-46-48-54-62-56-50-52-59-65(62)67-61-64(58-9-6-3)68-66-60-53-51-57-63(66)55-49-47-45-43-41-39-37-35-33-31-29-27-25-23-21-19-17-15-13-11-8-5-2/h42-45,50-53,56-57,59-61H,4-41,46-49,54-55,58H2,1-3H3/b44-42+,45-43+,67-61?,68-64?. The molecule has 2 heteroatoms. The number of aliphatic imine (C=N–C) groups is 2. The molecule has 2 rings (SSSR count). The van der Waals surface area contributed by atoms with Gasteiger partial charge in [0.15, 0.2) is 0 Å². The summed E-state index contributed by atoms with van der Waals surface area (Å²) in [6, 6.07) is 17.5. The molecule has 0 unspecified atom stereocenters. The highest BCUT2D eigenvalue weighted by atomic mass is 14.8. The first-order valence-corrected chi connectivity index (χ1v) is 30.4. The van der Waals surface area contributed by atoms with Crippen LogP contribution >= 0.6 is 0 Å². The van der Waals surface area contributed by atoms with Crippen molar-refractivity contribution in [2.75, 3.05) is 0 Å². The fourth-order valence-corrected chi connectivity index (χ4v) is 9.75. The molecule has 0 N–H and O–H groups in total. The SMILES string of the molecule is CCCCCCCCCCCCCCCCCCC/C=C/CCCc1ccccc1N=CC(CCCC)=Nc1ccccc1CCC/C=C/CCCCCCCCCCCCCCCCCCC. The van der Waals surface area contributed by atoms with Gasteiger partial charge in [-0.25, -0.2) is 0 Å². The van der Waals surface area contributed by atoms with E-state index in [4.69, 9.17) is 9.98 Å². The highest BCUT2D eigenvalue weighted by molar-refractivity contribution is 6.31. The molecule has 0 saturated heterocycles. The fraction of sp³-hybridized carbons (Fsp3) is 0.727. The Kier molecular flexibility index (Phi) is 44.5. The lowest BCUT2D eigenvalue weighted by molar-refractivity contribution is 0.527. The maximum Gasteiger partial charge on any atom is 0.0665 e. The van der Waals surface area contributed by atoms with Crippen LogP contribution in [-0.4, -0.2) is 11.9 Å². The molecule has 0 atom stereocenters. The van der Waals surface area contributed by atoms with Crippen molar-refractivity contribution < 1.29 is 0 Å². The molecule has 2 aromatic carbocycles. The molecule has 0 aromatic heterocycles. The molecule has 0 aliphatic rings. The van der Waals surface area contributed by atoms with Crippen LogP contribution in [0.3, 0.4) is 0 Å². The summed E-state index contributed by atoms with van der Waals surface area (Å²) in [5, 5.41) is 0. The van der Waals surface area contributed by atoms with E-state index in [-0.39, 0.29) is 0 Å². The Morgan fingerprint density at radius 1 is 0.324 bits per heavy atom. The third kappa shape index (κ3) is 38.1. The van der Waals surface area contributed by atoms with Gasteiger partial charge in [0.1, 0.15) is 0 Å². The Morgan fingerprint density at radius 3 is 0.985 bits per heavy atom. The van der Waals surface area contributed by atoms with Gasteiger partial charge in [0.05, 0.1) is 17.1 Å². The highest BCUT2D eigenvalue weighted by Crippen LogP contribution is 2.24. The van der Waals surface area contributed by atoms with Gasteiger partial charge in [-0.2, -0.15) is 0 Å². The molecule has 0 aliphatic heterocycles. The van der Waals surface area contributed by atoms with Crippen LogP contribution in [-0.2, 0) is 12.8 Å². The molecule has 0 heterocycles. The van der Waals surface area contributed by atoms with Crippen molar-refractivity contribution in [1.82, 2.24) is 0 Å². The predicted octanol–water partition coefficient (Wildman–Crippen LogP) is 23.2. The Morgan fingerprint density at radius 2 is 0.618 bits per heavy atom. The van der Waals surface area contributed by atoms with Crippen molar-refractivity contribution in [3.05, 3.63) is 84.0 Å². The van der Waals surface area contributed by atoms with Crippen LogP contribution in [0.4, 0.5) is 11.4 Å². The van der Waals surface area contributed by atoms with E-state index in [1.165, 1.54) is 255 Å². The van der Waals surface area contributed by atoms with Gasteiger partial charge in [-0.15, -0.1) is 0 Å². The minimum atomic E-state index is 0.961. The van der Waals surface area contributed by atoms with Crippen LogP contribution in [0.5, 0.6) is 0 Å². The number of para-hydroxylation sites is 2. The molecule has 386 valence electrons. The van der Waals surface area contributed by atoms with Crippen LogP contribution in [0.1, 0.15) is 308 Å². The minimum Gasteiger partial charge on any atom is -0.255 e. The van der Waals surface area contributed by atoms with E-state index in [0.717, 1.165) is 62.0 Å². The average molecular weight is 934 g/mol. The maximum absolute atomic E-state index is 5.25. The van der Waals surface area contributed by atoms with E-state index in [0.29, 0.717) is 0 Å². The highest BCUT2D eigenvalue weighted by Gasteiger charge is 2.05. The zero-order chi connectivity index (χ0) is 48.3.